The molecule has 13 heavy (non-hydrogen) atoms. The van der Waals surface area contributed by atoms with Gasteiger partial charge in [-0.3, -0.25) is 0 Å². The predicted molar refractivity (Wildman–Crippen MR) is 53.7 cm³/mol. The third kappa shape index (κ3) is 1.39. The summed E-state index contributed by atoms with van der Waals surface area (Å²) in [7, 11) is 0. The molecule has 0 atom stereocenters. The van der Waals surface area contributed by atoms with Gasteiger partial charge in [0.1, 0.15) is 5.82 Å². The second-order valence-electron chi connectivity index (χ2n) is 3.41. The van der Waals surface area contributed by atoms with Crippen molar-refractivity contribution in [1.29, 1.82) is 0 Å². The van der Waals surface area contributed by atoms with Gasteiger partial charge in [-0.25, -0.2) is 9.97 Å². The third-order valence-corrected chi connectivity index (χ3v) is 2.32. The van der Waals surface area contributed by atoms with E-state index in [-0.39, 0.29) is 0 Å². The van der Waals surface area contributed by atoms with Gasteiger partial charge >= 0.3 is 0 Å². The van der Waals surface area contributed by atoms with E-state index in [0.717, 1.165) is 16.7 Å². The maximum Gasteiger partial charge on any atom is 0.125 e. The van der Waals surface area contributed by atoms with Crippen LogP contribution in [0.2, 0.25) is 0 Å². The Hall–Kier alpha value is -1.44. The first-order valence-electron chi connectivity index (χ1n) is 4.37. The van der Waals surface area contributed by atoms with E-state index in [2.05, 4.69) is 35.9 Å². The summed E-state index contributed by atoms with van der Waals surface area (Å²) >= 11 is 0. The largest absolute Gasteiger partial charge is 0.241 e. The van der Waals surface area contributed by atoms with Crippen LogP contribution in [0.15, 0.2) is 18.3 Å². The zero-order valence-electron chi connectivity index (χ0n) is 8.13. The number of aromatic nitrogens is 2. The lowest BCUT2D eigenvalue weighted by atomic mass is 10.1. The SMILES string of the molecule is Cc1ncc2cc(C)c(C)cc2n1. The van der Waals surface area contributed by atoms with Gasteiger partial charge in [-0.2, -0.15) is 0 Å². The van der Waals surface area contributed by atoms with Gasteiger partial charge in [-0.15, -0.1) is 0 Å². The predicted octanol–water partition coefficient (Wildman–Crippen LogP) is 2.56. The fraction of sp³-hybridized carbons (Fsp3) is 0.273. The number of nitrogens with zero attached hydrogens (tertiary/aromatic N) is 2. The van der Waals surface area contributed by atoms with E-state index in [1.165, 1.54) is 11.1 Å². The van der Waals surface area contributed by atoms with Crippen molar-refractivity contribution < 1.29 is 0 Å². The molecule has 0 aliphatic carbocycles. The molecular weight excluding hydrogens is 160 g/mol. The lowest BCUT2D eigenvalue weighted by molar-refractivity contribution is 1.09. The Kier molecular flexibility index (Phi) is 1.76. The molecule has 0 bridgehead atoms. The van der Waals surface area contributed by atoms with E-state index < -0.39 is 0 Å². The molecule has 0 radical (unpaired) electrons. The number of aryl methyl sites for hydroxylation is 3. The summed E-state index contributed by atoms with van der Waals surface area (Å²) in [6.45, 7) is 6.12. The molecule has 2 aromatic rings. The van der Waals surface area contributed by atoms with Crippen LogP contribution in [0.5, 0.6) is 0 Å². The molecule has 0 aliphatic rings. The summed E-state index contributed by atoms with van der Waals surface area (Å²) in [5, 5.41) is 1.12. The van der Waals surface area contributed by atoms with Gasteiger partial charge in [0.2, 0.25) is 0 Å². The van der Waals surface area contributed by atoms with Crippen LogP contribution in [0.4, 0.5) is 0 Å². The van der Waals surface area contributed by atoms with Crippen molar-refractivity contribution in [3.8, 4) is 0 Å². The van der Waals surface area contributed by atoms with Crippen molar-refractivity contribution in [2.24, 2.45) is 0 Å². The number of fused-ring (bicyclic) bond motifs is 1. The summed E-state index contributed by atoms with van der Waals surface area (Å²) in [4.78, 5) is 8.53. The van der Waals surface area contributed by atoms with Crippen LogP contribution in [-0.4, -0.2) is 9.97 Å². The van der Waals surface area contributed by atoms with Crippen molar-refractivity contribution in [2.45, 2.75) is 20.8 Å². The highest BCUT2D eigenvalue weighted by molar-refractivity contribution is 5.79. The minimum Gasteiger partial charge on any atom is -0.241 e. The van der Waals surface area contributed by atoms with E-state index in [0.29, 0.717) is 0 Å². The molecule has 66 valence electrons. The van der Waals surface area contributed by atoms with E-state index in [4.69, 9.17) is 0 Å². The molecule has 0 saturated heterocycles. The molecule has 0 saturated carbocycles. The van der Waals surface area contributed by atoms with E-state index in [1.807, 2.05) is 13.1 Å². The standard InChI is InChI=1S/C11H12N2/c1-7-4-10-6-12-9(3)13-11(10)5-8(7)2/h4-6H,1-3H3. The molecule has 0 unspecified atom stereocenters. The molecule has 1 heterocycles. The molecule has 0 N–H and O–H groups in total. The number of hydrogen-bond acceptors (Lipinski definition) is 2. The van der Waals surface area contributed by atoms with Crippen LogP contribution < -0.4 is 0 Å². The zero-order chi connectivity index (χ0) is 9.42. The van der Waals surface area contributed by atoms with E-state index >= 15 is 0 Å². The van der Waals surface area contributed by atoms with Crippen LogP contribution in [0, 0.1) is 20.8 Å². The minimum absolute atomic E-state index is 0.829. The van der Waals surface area contributed by atoms with Crippen LogP contribution in [0.3, 0.4) is 0 Å². The quantitative estimate of drug-likeness (QED) is 0.610. The second-order valence-corrected chi connectivity index (χ2v) is 3.41. The lowest BCUT2D eigenvalue weighted by Gasteiger charge is -2.02. The summed E-state index contributed by atoms with van der Waals surface area (Å²) in [5.74, 6) is 0.829. The maximum atomic E-state index is 4.37. The summed E-state index contributed by atoms with van der Waals surface area (Å²) in [5.41, 5.74) is 3.61. The van der Waals surface area contributed by atoms with Gasteiger partial charge in [0, 0.05) is 11.6 Å². The van der Waals surface area contributed by atoms with Crippen molar-refractivity contribution in [3.05, 3.63) is 35.3 Å². The Bertz CT molecular complexity index is 461. The Labute approximate surface area is 77.6 Å². The van der Waals surface area contributed by atoms with Gasteiger partial charge in [0.25, 0.3) is 0 Å². The van der Waals surface area contributed by atoms with Gasteiger partial charge in [-0.05, 0) is 44.0 Å². The van der Waals surface area contributed by atoms with E-state index in [9.17, 15) is 0 Å². The third-order valence-electron chi connectivity index (χ3n) is 2.32. The van der Waals surface area contributed by atoms with Gasteiger partial charge in [0.15, 0.2) is 0 Å². The fourth-order valence-corrected chi connectivity index (χ4v) is 1.39. The number of hydrogen-bond donors (Lipinski definition) is 0. The first kappa shape index (κ1) is 8.17. The van der Waals surface area contributed by atoms with Crippen LogP contribution in [0.25, 0.3) is 10.9 Å². The molecule has 0 aliphatic heterocycles. The Morgan fingerprint density at radius 2 is 1.69 bits per heavy atom. The van der Waals surface area contributed by atoms with Crippen molar-refractivity contribution >= 4 is 10.9 Å². The molecule has 0 fully saturated rings. The first-order chi connectivity index (χ1) is 6.16. The Morgan fingerprint density at radius 3 is 2.46 bits per heavy atom. The topological polar surface area (TPSA) is 25.8 Å². The molecule has 0 amide bonds. The van der Waals surface area contributed by atoms with Crippen molar-refractivity contribution in [1.82, 2.24) is 9.97 Å². The highest BCUT2D eigenvalue weighted by Crippen LogP contribution is 2.16. The molecule has 1 aromatic carbocycles. The lowest BCUT2D eigenvalue weighted by Crippen LogP contribution is -1.90. The highest BCUT2D eigenvalue weighted by atomic mass is 14.9. The van der Waals surface area contributed by atoms with Gasteiger partial charge in [-0.1, -0.05) is 0 Å². The summed E-state index contributed by atoms with van der Waals surface area (Å²) in [6.07, 6.45) is 1.88. The van der Waals surface area contributed by atoms with Crippen molar-refractivity contribution in [3.63, 3.8) is 0 Å². The first-order valence-corrected chi connectivity index (χ1v) is 4.37. The van der Waals surface area contributed by atoms with Crippen LogP contribution >= 0.6 is 0 Å². The monoisotopic (exact) mass is 172 g/mol. The minimum atomic E-state index is 0.829. The average Bonchev–Trinajstić information content (AvgIpc) is 2.08. The van der Waals surface area contributed by atoms with E-state index in [1.54, 1.807) is 0 Å². The molecule has 1 aromatic heterocycles. The Morgan fingerprint density at radius 1 is 1.00 bits per heavy atom. The molecular formula is C11H12N2. The smallest absolute Gasteiger partial charge is 0.125 e. The zero-order valence-corrected chi connectivity index (χ0v) is 8.13. The second kappa shape index (κ2) is 2.80. The highest BCUT2D eigenvalue weighted by Gasteiger charge is 1.99. The summed E-state index contributed by atoms with van der Waals surface area (Å²) < 4.78 is 0. The number of rotatable bonds is 0. The van der Waals surface area contributed by atoms with Gasteiger partial charge in [0.05, 0.1) is 5.52 Å². The summed E-state index contributed by atoms with van der Waals surface area (Å²) in [6, 6.07) is 4.24. The average molecular weight is 172 g/mol. The maximum absolute atomic E-state index is 4.37. The fourth-order valence-electron chi connectivity index (χ4n) is 1.39. The normalized spacial score (nSPS) is 10.7. The van der Waals surface area contributed by atoms with Crippen LogP contribution in [0.1, 0.15) is 17.0 Å². The number of benzene rings is 1. The molecule has 2 rings (SSSR count). The Balaban J connectivity index is 2.81. The van der Waals surface area contributed by atoms with Gasteiger partial charge < -0.3 is 0 Å². The van der Waals surface area contributed by atoms with Crippen LogP contribution in [-0.2, 0) is 0 Å². The molecule has 2 heteroatoms. The molecule has 2 nitrogen and oxygen atoms in total. The molecule has 0 spiro atoms. The van der Waals surface area contributed by atoms with Crippen molar-refractivity contribution in [2.75, 3.05) is 0 Å².